The van der Waals surface area contributed by atoms with E-state index in [0.717, 1.165) is 58.0 Å². The van der Waals surface area contributed by atoms with E-state index < -0.39 is 35.7 Å². The fraction of sp³-hybridized carbons (Fsp3) is 0.404. The van der Waals surface area contributed by atoms with Crippen LogP contribution >= 0.6 is 23.2 Å². The Balaban J connectivity index is 0.000000208. The Bertz CT molecular complexity index is 2810. The number of benzene rings is 2. The summed E-state index contributed by atoms with van der Waals surface area (Å²) in [4.78, 5) is 74.6. The molecule has 364 valence electrons. The number of carbonyl (C=O) groups is 5. The van der Waals surface area contributed by atoms with E-state index in [2.05, 4.69) is 43.4 Å². The van der Waals surface area contributed by atoms with Gasteiger partial charge in [-0.1, -0.05) is 83.9 Å². The molecule has 1 aliphatic carbocycles. The highest BCUT2D eigenvalue weighted by atomic mass is 35.5. The second kappa shape index (κ2) is 21.9. The molecule has 8 rings (SSSR count). The van der Waals surface area contributed by atoms with Crippen molar-refractivity contribution in [3.8, 4) is 0 Å². The molecule has 6 atom stereocenters. The Morgan fingerprint density at radius 1 is 0.696 bits per heavy atom. The zero-order valence-corrected chi connectivity index (χ0v) is 41.6. The van der Waals surface area contributed by atoms with Crippen LogP contribution in [0.25, 0.3) is 22.1 Å². The summed E-state index contributed by atoms with van der Waals surface area (Å²) in [6, 6.07) is 21.8. The van der Waals surface area contributed by atoms with Crippen molar-refractivity contribution in [2.75, 3.05) is 6.54 Å². The van der Waals surface area contributed by atoms with E-state index in [1.807, 2.05) is 90.1 Å². The first-order chi connectivity index (χ1) is 32.8. The van der Waals surface area contributed by atoms with Crippen molar-refractivity contribution in [3.05, 3.63) is 130 Å². The maximum atomic E-state index is 13.3. The average molecular weight is 979 g/mol. The minimum atomic E-state index is -0.809. The van der Waals surface area contributed by atoms with Gasteiger partial charge in [0.2, 0.25) is 23.6 Å². The summed E-state index contributed by atoms with van der Waals surface area (Å²) < 4.78 is 9.28. The summed E-state index contributed by atoms with van der Waals surface area (Å²) in [5, 5.41) is 14.2. The number of pyridine rings is 2. The fourth-order valence-electron chi connectivity index (χ4n) is 8.99. The van der Waals surface area contributed by atoms with Crippen LogP contribution < -0.4 is 21.3 Å². The molecule has 1 saturated heterocycles. The molecule has 5 heterocycles. The number of halogens is 2. The van der Waals surface area contributed by atoms with Crippen LogP contribution in [0.1, 0.15) is 94.4 Å². The molecule has 0 bridgehead atoms. The van der Waals surface area contributed by atoms with Crippen LogP contribution in [0.3, 0.4) is 0 Å². The molecule has 69 heavy (non-hydrogen) atoms. The molecule has 4 aromatic heterocycles. The van der Waals surface area contributed by atoms with Gasteiger partial charge in [0.1, 0.15) is 35.0 Å². The molecule has 6 aromatic rings. The molecular weight excluding hydrogens is 918 g/mol. The number of carbonyl (C=O) groups excluding carboxylic acids is 5. The van der Waals surface area contributed by atoms with Crippen LogP contribution in [0.4, 0.5) is 4.79 Å². The zero-order valence-electron chi connectivity index (χ0n) is 40.1. The first kappa shape index (κ1) is 50.4. The molecule has 0 unspecified atom stereocenters. The van der Waals surface area contributed by atoms with Crippen LogP contribution in [-0.4, -0.2) is 84.0 Å². The summed E-state index contributed by atoms with van der Waals surface area (Å²) in [6.45, 7) is 9.61. The molecule has 17 heteroatoms. The van der Waals surface area contributed by atoms with Crippen molar-refractivity contribution in [1.82, 2.24) is 45.3 Å². The number of ether oxygens (including phenoxy) is 1. The van der Waals surface area contributed by atoms with Crippen molar-refractivity contribution < 1.29 is 28.7 Å². The van der Waals surface area contributed by atoms with Gasteiger partial charge in [-0.25, -0.2) is 14.8 Å². The van der Waals surface area contributed by atoms with Crippen molar-refractivity contribution in [3.63, 3.8) is 0 Å². The standard InChI is InChI=1S/C28H34ClN5O4.C24H27ClN4O2/c1-17(25(35)31-14-18-11-21-22(29)16-33(5)24(21)30-13-18)32-26(36)23-12-20(19-9-7-6-8-10-19)15-34(23)27(37)38-28(2,3)4;1-15(28-24(31)19-9-8-18(11-19)17-6-4-3-5-7-17)23(30)27-13-16-10-20-21(25)14-29(2)22(20)26-12-16/h6-11,13,16-17,20,23H,12,14-15H2,1-5H3,(H,31,35)(H,32,36);3-7,10,12,14-15,18-19H,8-9,11,13H2,1-2H3,(H,27,30)(H,28,31)/t17-,20-,23+;15-,18+,19+/m00/s1. The quantitative estimate of drug-likeness (QED) is 0.0950. The highest BCUT2D eigenvalue weighted by Gasteiger charge is 2.42. The summed E-state index contributed by atoms with van der Waals surface area (Å²) in [5.74, 6) is -0.656. The van der Waals surface area contributed by atoms with Gasteiger partial charge < -0.3 is 35.1 Å². The summed E-state index contributed by atoms with van der Waals surface area (Å²) in [7, 11) is 3.75. The maximum absolute atomic E-state index is 13.3. The average Bonchev–Trinajstić information content (AvgIpc) is 4.13. The normalized spacial score (nSPS) is 18.8. The predicted octanol–water partition coefficient (Wildman–Crippen LogP) is 8.07. The fourth-order valence-corrected chi connectivity index (χ4v) is 9.56. The van der Waals surface area contributed by atoms with E-state index in [9.17, 15) is 24.0 Å². The molecule has 4 N–H and O–H groups in total. The number of aryl methyl sites for hydroxylation is 2. The lowest BCUT2D eigenvalue weighted by atomic mass is 9.96. The first-order valence-corrected chi connectivity index (χ1v) is 24.0. The number of nitrogens with one attached hydrogen (secondary N) is 4. The van der Waals surface area contributed by atoms with E-state index in [1.165, 1.54) is 10.5 Å². The van der Waals surface area contributed by atoms with Gasteiger partial charge in [0.25, 0.3) is 0 Å². The molecule has 15 nitrogen and oxygen atoms in total. The molecule has 1 aliphatic heterocycles. The molecule has 2 aromatic carbocycles. The topological polar surface area (TPSA) is 182 Å². The number of likely N-dealkylation sites (tertiary alicyclic amines) is 1. The molecular formula is C52H61Cl2N9O6. The third-order valence-electron chi connectivity index (χ3n) is 12.7. The first-order valence-electron chi connectivity index (χ1n) is 23.3. The van der Waals surface area contributed by atoms with Crippen molar-refractivity contribution in [1.29, 1.82) is 0 Å². The molecule has 0 spiro atoms. The van der Waals surface area contributed by atoms with Gasteiger partial charge >= 0.3 is 6.09 Å². The summed E-state index contributed by atoms with van der Waals surface area (Å²) >= 11 is 12.5. The third-order valence-corrected chi connectivity index (χ3v) is 13.3. The lowest BCUT2D eigenvalue weighted by Gasteiger charge is -2.28. The summed E-state index contributed by atoms with van der Waals surface area (Å²) in [6.07, 6.45) is 9.57. The van der Waals surface area contributed by atoms with Gasteiger partial charge in [-0.15, -0.1) is 0 Å². The molecule has 5 amide bonds. The minimum absolute atomic E-state index is 0.0178. The van der Waals surface area contributed by atoms with E-state index in [4.69, 9.17) is 27.9 Å². The Morgan fingerprint density at radius 2 is 1.17 bits per heavy atom. The molecule has 0 radical (unpaired) electrons. The van der Waals surface area contributed by atoms with Gasteiger partial charge in [-0.05, 0) is 101 Å². The van der Waals surface area contributed by atoms with Crippen LogP contribution in [0.2, 0.25) is 10.0 Å². The van der Waals surface area contributed by atoms with Gasteiger partial charge in [-0.3, -0.25) is 24.1 Å². The van der Waals surface area contributed by atoms with Crippen LogP contribution in [0.5, 0.6) is 0 Å². The van der Waals surface area contributed by atoms with E-state index in [0.29, 0.717) is 35.5 Å². The zero-order chi connectivity index (χ0) is 49.6. The second-order valence-corrected chi connectivity index (χ2v) is 19.9. The lowest BCUT2D eigenvalue weighted by molar-refractivity contribution is -0.131. The number of nitrogens with zero attached hydrogens (tertiary/aromatic N) is 5. The van der Waals surface area contributed by atoms with Gasteiger partial charge in [-0.2, -0.15) is 0 Å². The molecule has 1 saturated carbocycles. The van der Waals surface area contributed by atoms with E-state index >= 15 is 0 Å². The van der Waals surface area contributed by atoms with Crippen molar-refractivity contribution in [2.24, 2.45) is 20.0 Å². The highest BCUT2D eigenvalue weighted by Crippen LogP contribution is 2.38. The van der Waals surface area contributed by atoms with E-state index in [-0.39, 0.29) is 36.1 Å². The molecule has 2 aliphatic rings. The molecule has 2 fully saturated rings. The van der Waals surface area contributed by atoms with Gasteiger partial charge in [0.15, 0.2) is 0 Å². The summed E-state index contributed by atoms with van der Waals surface area (Å²) in [5.41, 5.74) is 4.83. The van der Waals surface area contributed by atoms with Crippen LogP contribution in [0, 0.1) is 5.92 Å². The van der Waals surface area contributed by atoms with Crippen molar-refractivity contribution in [2.45, 2.75) is 109 Å². The Morgan fingerprint density at radius 3 is 1.67 bits per heavy atom. The van der Waals surface area contributed by atoms with Crippen LogP contribution in [-0.2, 0) is 51.1 Å². The lowest BCUT2D eigenvalue weighted by Crippen LogP contribution is -2.52. The third kappa shape index (κ3) is 12.6. The van der Waals surface area contributed by atoms with Gasteiger partial charge in [0, 0.05) is 81.1 Å². The number of rotatable bonds is 12. The number of aromatic nitrogens is 4. The van der Waals surface area contributed by atoms with Crippen LogP contribution in [0.15, 0.2) is 97.6 Å². The largest absolute Gasteiger partial charge is 0.444 e. The van der Waals surface area contributed by atoms with Gasteiger partial charge in [0.05, 0.1) is 10.0 Å². The number of amides is 5. The second-order valence-electron chi connectivity index (χ2n) is 19.1. The monoisotopic (exact) mass is 977 g/mol. The number of hydrogen-bond donors (Lipinski definition) is 4. The van der Waals surface area contributed by atoms with Crippen molar-refractivity contribution >= 4 is 75.0 Å². The minimum Gasteiger partial charge on any atom is -0.444 e. The predicted molar refractivity (Wildman–Crippen MR) is 267 cm³/mol. The number of fused-ring (bicyclic) bond motifs is 2. The number of hydrogen-bond acceptors (Lipinski definition) is 8. The maximum Gasteiger partial charge on any atom is 0.410 e. The SMILES string of the molecule is C[C@H](NC(=O)[C@@H]1CC[C@@H](c2ccccc2)C1)C(=O)NCc1cnc2c(c1)c(Cl)cn2C.C[C@H](NC(=O)[C@H]1C[C@H](c2ccccc2)CN1C(=O)OC(C)(C)C)C(=O)NCc1cnc2c(c1)c(Cl)cn2C. The Labute approximate surface area is 412 Å². The Kier molecular flexibility index (Phi) is 16.0. The smallest absolute Gasteiger partial charge is 0.410 e. The highest BCUT2D eigenvalue weighted by molar-refractivity contribution is 6.35. The van der Waals surface area contributed by atoms with E-state index in [1.54, 1.807) is 53.2 Å². The Hall–Kier alpha value is -6.45.